The Morgan fingerprint density at radius 1 is 1.11 bits per heavy atom. The number of esters is 1. The number of carbonyl (C=O) groups is 3. The fraction of sp³-hybridized carbons (Fsp3) is 0.375. The number of thiophene rings is 1. The number of nitrogens with zero attached hydrogens (tertiary/aromatic N) is 4. The summed E-state index contributed by atoms with van der Waals surface area (Å²) >= 11 is 2.25. The standard InChI is InChI=1S/C24H29N5O5S2/c1-13-8-14(2)10-16(9-13)34-11-17-26-27-24(29(17)6)35-12-18(30)25-21-19(23(32)33-7)15(3)20(36-21)22(31)28(4)5/h8-10H,11-12H2,1-7H3,(H,25,30). The second kappa shape index (κ2) is 11.6. The summed E-state index contributed by atoms with van der Waals surface area (Å²) in [5, 5.41) is 11.9. The molecular formula is C24H29N5O5S2. The molecule has 3 rings (SSSR count). The van der Waals surface area contributed by atoms with E-state index < -0.39 is 5.97 Å². The zero-order chi connectivity index (χ0) is 26.6. The Labute approximate surface area is 218 Å². The van der Waals surface area contributed by atoms with Gasteiger partial charge in [-0.3, -0.25) is 9.59 Å². The van der Waals surface area contributed by atoms with Crippen LogP contribution in [-0.4, -0.2) is 64.4 Å². The number of aromatic nitrogens is 3. The number of hydrogen-bond donors (Lipinski definition) is 1. The van der Waals surface area contributed by atoms with Gasteiger partial charge in [0.25, 0.3) is 5.91 Å². The summed E-state index contributed by atoms with van der Waals surface area (Å²) in [6.45, 7) is 5.91. The van der Waals surface area contributed by atoms with Crippen LogP contribution in [0.4, 0.5) is 5.00 Å². The Bertz CT molecular complexity index is 1280. The molecule has 0 atom stereocenters. The van der Waals surface area contributed by atoms with Crippen LogP contribution in [0.3, 0.4) is 0 Å². The Morgan fingerprint density at radius 2 is 1.78 bits per heavy atom. The maximum atomic E-state index is 12.7. The van der Waals surface area contributed by atoms with E-state index >= 15 is 0 Å². The molecule has 0 aliphatic carbocycles. The van der Waals surface area contributed by atoms with Crippen molar-refractivity contribution in [3.05, 3.63) is 51.2 Å². The van der Waals surface area contributed by atoms with Gasteiger partial charge in [-0.2, -0.15) is 0 Å². The van der Waals surface area contributed by atoms with Gasteiger partial charge in [-0.1, -0.05) is 17.8 Å². The molecule has 0 radical (unpaired) electrons. The van der Waals surface area contributed by atoms with E-state index in [4.69, 9.17) is 9.47 Å². The summed E-state index contributed by atoms with van der Waals surface area (Å²) in [5.74, 6) is 0.165. The predicted octanol–water partition coefficient (Wildman–Crippen LogP) is 3.60. The molecule has 2 aromatic heterocycles. The van der Waals surface area contributed by atoms with Crippen molar-refractivity contribution in [2.24, 2.45) is 7.05 Å². The van der Waals surface area contributed by atoms with Crippen molar-refractivity contribution in [3.8, 4) is 5.75 Å². The molecule has 192 valence electrons. The number of thioether (sulfide) groups is 1. The first-order chi connectivity index (χ1) is 17.0. The average Bonchev–Trinajstić information content (AvgIpc) is 3.33. The first-order valence-electron chi connectivity index (χ1n) is 11.0. The van der Waals surface area contributed by atoms with E-state index in [9.17, 15) is 14.4 Å². The lowest BCUT2D eigenvalue weighted by atomic mass is 10.1. The zero-order valence-corrected chi connectivity index (χ0v) is 22.9. The van der Waals surface area contributed by atoms with E-state index in [2.05, 4.69) is 21.6 Å². The molecular weight excluding hydrogens is 502 g/mol. The Hall–Kier alpha value is -3.38. The van der Waals surface area contributed by atoms with Gasteiger partial charge in [0.1, 0.15) is 17.4 Å². The molecule has 0 aliphatic rings. The van der Waals surface area contributed by atoms with E-state index in [1.54, 1.807) is 32.6 Å². The van der Waals surface area contributed by atoms with Gasteiger partial charge in [0.2, 0.25) is 5.91 Å². The third kappa shape index (κ3) is 6.24. The minimum Gasteiger partial charge on any atom is -0.486 e. The number of aryl methyl sites for hydroxylation is 2. The summed E-state index contributed by atoms with van der Waals surface area (Å²) < 4.78 is 12.5. The van der Waals surface area contributed by atoms with Crippen LogP contribution in [-0.2, 0) is 23.2 Å². The van der Waals surface area contributed by atoms with Gasteiger partial charge in [-0.05, 0) is 49.6 Å². The Kier molecular flexibility index (Phi) is 8.75. The third-order valence-corrected chi connectivity index (χ3v) is 7.43. The van der Waals surface area contributed by atoms with Gasteiger partial charge in [-0.15, -0.1) is 21.5 Å². The van der Waals surface area contributed by atoms with Gasteiger partial charge in [0, 0.05) is 21.1 Å². The Balaban J connectivity index is 1.66. The van der Waals surface area contributed by atoms with E-state index in [0.717, 1.165) is 28.2 Å². The highest BCUT2D eigenvalue weighted by Crippen LogP contribution is 2.34. The number of carbonyl (C=O) groups excluding carboxylic acids is 3. The van der Waals surface area contributed by atoms with Crippen LogP contribution in [0.25, 0.3) is 0 Å². The lowest BCUT2D eigenvalue weighted by molar-refractivity contribution is -0.113. The molecule has 0 saturated heterocycles. The minimum absolute atomic E-state index is 0.0262. The first-order valence-corrected chi connectivity index (χ1v) is 12.8. The molecule has 0 bridgehead atoms. The van der Waals surface area contributed by atoms with Crippen molar-refractivity contribution in [1.82, 2.24) is 19.7 Å². The van der Waals surface area contributed by atoms with Crippen LogP contribution in [0, 0.1) is 20.8 Å². The molecule has 12 heteroatoms. The molecule has 10 nitrogen and oxygen atoms in total. The molecule has 2 heterocycles. The van der Waals surface area contributed by atoms with Crippen LogP contribution in [0.1, 0.15) is 42.5 Å². The van der Waals surface area contributed by atoms with Crippen LogP contribution >= 0.6 is 23.1 Å². The molecule has 0 saturated carbocycles. The van der Waals surface area contributed by atoms with Crippen LogP contribution in [0.2, 0.25) is 0 Å². The molecule has 0 fully saturated rings. The summed E-state index contributed by atoms with van der Waals surface area (Å²) in [6, 6.07) is 5.98. The molecule has 3 aromatic rings. The SMILES string of the molecule is COC(=O)c1c(NC(=O)CSc2nnc(COc3cc(C)cc(C)c3)n2C)sc(C(=O)N(C)C)c1C. The zero-order valence-electron chi connectivity index (χ0n) is 21.3. The highest BCUT2D eigenvalue weighted by Gasteiger charge is 2.27. The predicted molar refractivity (Wildman–Crippen MR) is 139 cm³/mol. The Morgan fingerprint density at radius 3 is 2.39 bits per heavy atom. The number of anilines is 1. The highest BCUT2D eigenvalue weighted by molar-refractivity contribution is 7.99. The first kappa shape index (κ1) is 27.2. The van der Waals surface area contributed by atoms with Crippen molar-refractivity contribution in [2.75, 3.05) is 32.3 Å². The van der Waals surface area contributed by atoms with Gasteiger partial charge < -0.3 is 24.3 Å². The number of nitrogens with one attached hydrogen (secondary N) is 1. The normalized spacial score (nSPS) is 10.8. The lowest BCUT2D eigenvalue weighted by Crippen LogP contribution is -2.21. The number of ether oxygens (including phenoxy) is 2. The number of methoxy groups -OCH3 is 1. The smallest absolute Gasteiger partial charge is 0.341 e. The van der Waals surface area contributed by atoms with Crippen LogP contribution in [0.5, 0.6) is 5.75 Å². The van der Waals surface area contributed by atoms with Crippen LogP contribution < -0.4 is 10.1 Å². The molecule has 0 aliphatic heterocycles. The quantitative estimate of drug-likeness (QED) is 0.329. The van der Waals surface area contributed by atoms with E-state index in [1.807, 2.05) is 26.0 Å². The minimum atomic E-state index is -0.619. The molecule has 2 amide bonds. The maximum Gasteiger partial charge on any atom is 0.341 e. The van der Waals surface area contributed by atoms with Gasteiger partial charge in [-0.25, -0.2) is 4.79 Å². The number of hydrogen-bond acceptors (Lipinski definition) is 9. The van der Waals surface area contributed by atoms with Crippen molar-refractivity contribution < 1.29 is 23.9 Å². The monoisotopic (exact) mass is 531 g/mol. The van der Waals surface area contributed by atoms with Crippen molar-refractivity contribution in [3.63, 3.8) is 0 Å². The highest BCUT2D eigenvalue weighted by atomic mass is 32.2. The van der Waals surface area contributed by atoms with Gasteiger partial charge >= 0.3 is 5.97 Å². The molecule has 1 N–H and O–H groups in total. The third-order valence-electron chi connectivity index (χ3n) is 5.21. The summed E-state index contributed by atoms with van der Waals surface area (Å²) in [5.41, 5.74) is 2.87. The summed E-state index contributed by atoms with van der Waals surface area (Å²) in [6.07, 6.45) is 0. The molecule has 36 heavy (non-hydrogen) atoms. The van der Waals surface area contributed by atoms with Crippen LogP contribution in [0.15, 0.2) is 23.4 Å². The van der Waals surface area contributed by atoms with E-state index in [0.29, 0.717) is 21.4 Å². The van der Waals surface area contributed by atoms with Crippen molar-refractivity contribution in [1.29, 1.82) is 0 Å². The van der Waals surface area contributed by atoms with E-state index in [1.165, 1.54) is 23.8 Å². The molecule has 0 spiro atoms. The molecule has 1 aromatic carbocycles. The van der Waals surface area contributed by atoms with Crippen molar-refractivity contribution >= 4 is 45.9 Å². The lowest BCUT2D eigenvalue weighted by Gasteiger charge is -2.08. The second-order valence-electron chi connectivity index (χ2n) is 8.36. The van der Waals surface area contributed by atoms with Crippen molar-refractivity contribution in [2.45, 2.75) is 32.5 Å². The van der Waals surface area contributed by atoms with Gasteiger partial charge in [0.05, 0.1) is 23.3 Å². The fourth-order valence-electron chi connectivity index (χ4n) is 3.41. The summed E-state index contributed by atoms with van der Waals surface area (Å²) in [7, 11) is 6.30. The number of amides is 2. The fourth-order valence-corrected chi connectivity index (χ4v) is 5.37. The molecule has 0 unspecified atom stereocenters. The van der Waals surface area contributed by atoms with Gasteiger partial charge in [0.15, 0.2) is 11.0 Å². The topological polar surface area (TPSA) is 116 Å². The maximum absolute atomic E-state index is 12.7. The number of benzene rings is 1. The average molecular weight is 532 g/mol. The largest absolute Gasteiger partial charge is 0.486 e. The summed E-state index contributed by atoms with van der Waals surface area (Å²) in [4.78, 5) is 39.3. The van der Waals surface area contributed by atoms with E-state index in [-0.39, 0.29) is 34.7 Å². The second-order valence-corrected chi connectivity index (χ2v) is 10.3. The number of rotatable bonds is 9.